The van der Waals surface area contributed by atoms with E-state index < -0.39 is 12.0 Å². The van der Waals surface area contributed by atoms with Crippen LogP contribution in [0.4, 0.5) is 0 Å². The fraction of sp³-hybridized carbons (Fsp3) is 0.562. The maximum atomic E-state index is 11.9. The molecule has 0 saturated carbocycles. The number of likely N-dealkylation sites (N-methyl/N-ethyl adjacent to an activating group) is 1. The number of carbonyl (C=O) groups is 1. The second-order valence-electron chi connectivity index (χ2n) is 5.53. The minimum Gasteiger partial charge on any atom is -0.496 e. The molecule has 1 atom stereocenters. The van der Waals surface area contributed by atoms with Gasteiger partial charge in [0.05, 0.1) is 21.3 Å². The van der Waals surface area contributed by atoms with Gasteiger partial charge >= 0.3 is 5.97 Å². The SMILES string of the molecule is COc1cc(OC)c(C(C(=O)O)N2CCN(C)CC2)cc1OC. The highest BCUT2D eigenvalue weighted by Crippen LogP contribution is 2.39. The summed E-state index contributed by atoms with van der Waals surface area (Å²) >= 11 is 0. The number of hydrogen-bond donors (Lipinski definition) is 1. The van der Waals surface area contributed by atoms with Crippen LogP contribution in [0.15, 0.2) is 12.1 Å². The lowest BCUT2D eigenvalue weighted by Crippen LogP contribution is -2.47. The van der Waals surface area contributed by atoms with E-state index in [1.54, 1.807) is 12.1 Å². The van der Waals surface area contributed by atoms with Crippen molar-refractivity contribution in [3.05, 3.63) is 17.7 Å². The summed E-state index contributed by atoms with van der Waals surface area (Å²) in [7, 11) is 6.61. The van der Waals surface area contributed by atoms with Crippen molar-refractivity contribution >= 4 is 5.97 Å². The summed E-state index contributed by atoms with van der Waals surface area (Å²) < 4.78 is 16.0. The van der Waals surface area contributed by atoms with Crippen LogP contribution in [0.25, 0.3) is 0 Å². The van der Waals surface area contributed by atoms with E-state index in [4.69, 9.17) is 14.2 Å². The molecule has 7 nitrogen and oxygen atoms in total. The lowest BCUT2D eigenvalue weighted by molar-refractivity contribution is -0.144. The van der Waals surface area contributed by atoms with Crippen molar-refractivity contribution in [2.75, 3.05) is 54.6 Å². The van der Waals surface area contributed by atoms with Crippen molar-refractivity contribution in [1.29, 1.82) is 0 Å². The highest BCUT2D eigenvalue weighted by atomic mass is 16.5. The molecule has 1 unspecified atom stereocenters. The number of ether oxygens (including phenoxy) is 3. The van der Waals surface area contributed by atoms with Crippen LogP contribution < -0.4 is 14.2 Å². The molecular weight excluding hydrogens is 300 g/mol. The van der Waals surface area contributed by atoms with E-state index >= 15 is 0 Å². The Morgan fingerprint density at radius 1 is 1.00 bits per heavy atom. The van der Waals surface area contributed by atoms with Gasteiger partial charge in [-0.2, -0.15) is 0 Å². The summed E-state index contributed by atoms with van der Waals surface area (Å²) in [6.07, 6.45) is 0. The summed E-state index contributed by atoms with van der Waals surface area (Å²) in [5.41, 5.74) is 0.571. The molecule has 1 aliphatic rings. The molecule has 0 bridgehead atoms. The topological polar surface area (TPSA) is 71.5 Å². The Labute approximate surface area is 136 Å². The molecule has 7 heteroatoms. The number of methoxy groups -OCH3 is 3. The third-order valence-electron chi connectivity index (χ3n) is 4.17. The van der Waals surface area contributed by atoms with Crippen LogP contribution in [0, 0.1) is 0 Å². The second kappa shape index (κ2) is 7.52. The molecule has 0 spiro atoms. The fourth-order valence-electron chi connectivity index (χ4n) is 2.83. The molecule has 1 N–H and O–H groups in total. The molecule has 23 heavy (non-hydrogen) atoms. The average Bonchev–Trinajstić information content (AvgIpc) is 2.56. The smallest absolute Gasteiger partial charge is 0.325 e. The summed E-state index contributed by atoms with van der Waals surface area (Å²) in [4.78, 5) is 16.1. The number of nitrogens with zero attached hydrogens (tertiary/aromatic N) is 2. The molecule has 128 valence electrons. The first kappa shape index (κ1) is 17.4. The molecule has 1 aromatic carbocycles. The van der Waals surface area contributed by atoms with E-state index in [1.165, 1.54) is 21.3 Å². The Hall–Kier alpha value is -1.99. The third kappa shape index (κ3) is 3.68. The summed E-state index contributed by atoms with van der Waals surface area (Å²) in [6, 6.07) is 2.58. The monoisotopic (exact) mass is 324 g/mol. The van der Waals surface area contributed by atoms with E-state index in [2.05, 4.69) is 4.90 Å². The largest absolute Gasteiger partial charge is 0.496 e. The van der Waals surface area contributed by atoms with E-state index in [-0.39, 0.29) is 0 Å². The first-order valence-electron chi connectivity index (χ1n) is 7.47. The summed E-state index contributed by atoms with van der Waals surface area (Å²) in [5.74, 6) is 0.577. The predicted octanol–water partition coefficient (Wildman–Crippen LogP) is 1.09. The predicted molar refractivity (Wildman–Crippen MR) is 85.5 cm³/mol. The third-order valence-corrected chi connectivity index (χ3v) is 4.17. The first-order chi connectivity index (χ1) is 11.0. The molecule has 1 fully saturated rings. The van der Waals surface area contributed by atoms with E-state index in [0.717, 1.165) is 13.1 Å². The number of aliphatic carboxylic acids is 1. The maximum Gasteiger partial charge on any atom is 0.325 e. The van der Waals surface area contributed by atoms with E-state index in [0.29, 0.717) is 35.9 Å². The van der Waals surface area contributed by atoms with Gasteiger partial charge in [0, 0.05) is 37.8 Å². The van der Waals surface area contributed by atoms with Crippen molar-refractivity contribution in [3.63, 3.8) is 0 Å². The minimum absolute atomic E-state index is 0.481. The van der Waals surface area contributed by atoms with Crippen molar-refractivity contribution in [1.82, 2.24) is 9.80 Å². The van der Waals surface area contributed by atoms with Crippen molar-refractivity contribution in [2.24, 2.45) is 0 Å². The second-order valence-corrected chi connectivity index (χ2v) is 5.53. The normalized spacial score (nSPS) is 17.6. The average molecular weight is 324 g/mol. The van der Waals surface area contributed by atoms with E-state index in [9.17, 15) is 9.90 Å². The molecule has 0 aliphatic carbocycles. The number of carboxylic acid groups (broad SMARTS) is 1. The number of hydrogen-bond acceptors (Lipinski definition) is 6. The van der Waals surface area contributed by atoms with Crippen LogP contribution in [0.1, 0.15) is 11.6 Å². The van der Waals surface area contributed by atoms with Gasteiger partial charge in [0.15, 0.2) is 11.5 Å². The molecule has 0 amide bonds. The van der Waals surface area contributed by atoms with Crippen LogP contribution in [-0.4, -0.2) is 75.4 Å². The molecule has 1 aromatic rings. The Kier molecular flexibility index (Phi) is 5.68. The van der Waals surface area contributed by atoms with Gasteiger partial charge in [-0.25, -0.2) is 0 Å². The standard InChI is InChI=1S/C16H24N2O5/c1-17-5-7-18(8-6-17)15(16(19)20)11-9-13(22-3)14(23-4)10-12(11)21-2/h9-10,15H,5-8H2,1-4H3,(H,19,20). The van der Waals surface area contributed by atoms with Crippen LogP contribution in [0.3, 0.4) is 0 Å². The summed E-state index contributed by atoms with van der Waals surface area (Å²) in [6.45, 7) is 3.04. The zero-order valence-corrected chi connectivity index (χ0v) is 14.0. The van der Waals surface area contributed by atoms with Gasteiger partial charge in [-0.1, -0.05) is 0 Å². The van der Waals surface area contributed by atoms with Crippen LogP contribution in [0.2, 0.25) is 0 Å². The molecule has 0 radical (unpaired) electrons. The molecular formula is C16H24N2O5. The van der Waals surface area contributed by atoms with Crippen LogP contribution in [-0.2, 0) is 4.79 Å². The molecule has 1 saturated heterocycles. The van der Waals surface area contributed by atoms with Gasteiger partial charge in [-0.05, 0) is 13.1 Å². The van der Waals surface area contributed by atoms with Gasteiger partial charge in [0.25, 0.3) is 0 Å². The highest BCUT2D eigenvalue weighted by molar-refractivity contribution is 5.77. The lowest BCUT2D eigenvalue weighted by Gasteiger charge is -2.36. The number of piperazine rings is 1. The molecule has 1 heterocycles. The van der Waals surface area contributed by atoms with Crippen LogP contribution in [0.5, 0.6) is 17.2 Å². The van der Waals surface area contributed by atoms with Crippen molar-refractivity contribution in [2.45, 2.75) is 6.04 Å². The maximum absolute atomic E-state index is 11.9. The van der Waals surface area contributed by atoms with Gasteiger partial charge in [0.1, 0.15) is 11.8 Å². The zero-order chi connectivity index (χ0) is 17.0. The molecule has 1 aliphatic heterocycles. The first-order valence-corrected chi connectivity index (χ1v) is 7.47. The van der Waals surface area contributed by atoms with Gasteiger partial charge in [-0.15, -0.1) is 0 Å². The van der Waals surface area contributed by atoms with Crippen molar-refractivity contribution < 1.29 is 24.1 Å². The Balaban J connectivity index is 2.44. The quantitative estimate of drug-likeness (QED) is 0.839. The Bertz CT molecular complexity index is 556. The van der Waals surface area contributed by atoms with E-state index in [1.807, 2.05) is 11.9 Å². The number of rotatable bonds is 6. The van der Waals surface area contributed by atoms with Crippen LogP contribution >= 0.6 is 0 Å². The minimum atomic E-state index is -0.903. The van der Waals surface area contributed by atoms with Gasteiger partial charge < -0.3 is 24.2 Å². The molecule has 2 rings (SSSR count). The molecule has 0 aromatic heterocycles. The number of carboxylic acids is 1. The summed E-state index contributed by atoms with van der Waals surface area (Å²) in [5, 5.41) is 9.77. The Morgan fingerprint density at radius 3 is 2.00 bits per heavy atom. The zero-order valence-electron chi connectivity index (χ0n) is 14.0. The van der Waals surface area contributed by atoms with Crippen molar-refractivity contribution in [3.8, 4) is 17.2 Å². The Morgan fingerprint density at radius 2 is 1.52 bits per heavy atom. The lowest BCUT2D eigenvalue weighted by atomic mass is 10.0. The highest BCUT2D eigenvalue weighted by Gasteiger charge is 2.33. The van der Waals surface area contributed by atoms with Gasteiger partial charge in [-0.3, -0.25) is 9.69 Å². The van der Waals surface area contributed by atoms with Gasteiger partial charge in [0.2, 0.25) is 0 Å². The number of benzene rings is 1. The fourth-order valence-corrected chi connectivity index (χ4v) is 2.83.